The lowest BCUT2D eigenvalue weighted by atomic mass is 10.1. The van der Waals surface area contributed by atoms with E-state index < -0.39 is 144 Å². The molecule has 0 bridgehead atoms. The van der Waals surface area contributed by atoms with Crippen molar-refractivity contribution in [3.63, 3.8) is 0 Å². The highest BCUT2D eigenvalue weighted by Gasteiger charge is 2.42. The number of nitrogens with one attached hydrogen (secondary N) is 6. The smallest absolute Gasteiger partial charge is 0.247 e. The Hall–Kier alpha value is -7.72. The largest absolute Gasteiger partial charge is 0.550 e. The number of carbonyl (C=O) groups excluding carboxylic acids is 12. The van der Waals surface area contributed by atoms with Gasteiger partial charge in [-0.2, -0.15) is 0 Å². The first-order valence-electron chi connectivity index (χ1n) is 17.3. The third-order valence-electron chi connectivity index (χ3n) is 8.53. The summed E-state index contributed by atoms with van der Waals surface area (Å²) in [5.74, 6) is -17.6. The van der Waals surface area contributed by atoms with Gasteiger partial charge in [0.2, 0.25) is 47.3 Å². The maximum atomic E-state index is 13.6. The molecular formula is C36H35N7O16-4. The van der Waals surface area contributed by atoms with Crippen LogP contribution in [0.25, 0.3) is 0 Å². The fourth-order valence-corrected chi connectivity index (χ4v) is 5.67. The van der Waals surface area contributed by atoms with Crippen molar-refractivity contribution in [2.45, 2.75) is 63.2 Å². The van der Waals surface area contributed by atoms with Crippen molar-refractivity contribution in [2.75, 3.05) is 17.7 Å². The van der Waals surface area contributed by atoms with Crippen LogP contribution in [0.4, 0.5) is 11.4 Å². The van der Waals surface area contributed by atoms with Crippen LogP contribution in [-0.4, -0.2) is 107 Å². The van der Waals surface area contributed by atoms with E-state index in [2.05, 4.69) is 21.3 Å². The number of hydrogen-bond acceptors (Lipinski definition) is 16. The van der Waals surface area contributed by atoms with Crippen LogP contribution < -0.4 is 52.3 Å². The van der Waals surface area contributed by atoms with Crippen molar-refractivity contribution in [1.29, 1.82) is 0 Å². The number of carboxylic acids is 4. The first-order chi connectivity index (χ1) is 27.7. The second-order valence-electron chi connectivity index (χ2n) is 12.8. The monoisotopic (exact) mass is 821 g/mol. The van der Waals surface area contributed by atoms with Gasteiger partial charge in [-0.15, -0.1) is 0 Å². The second-order valence-corrected chi connectivity index (χ2v) is 12.8. The number of imide groups is 1. The second kappa shape index (κ2) is 20.4. The molecule has 1 saturated heterocycles. The molecule has 3 rings (SSSR count). The Labute approximate surface area is 332 Å². The van der Waals surface area contributed by atoms with Gasteiger partial charge < -0.3 is 71.5 Å². The molecule has 1 aliphatic heterocycles. The molecule has 23 heteroatoms. The van der Waals surface area contributed by atoms with Gasteiger partial charge in [0.15, 0.2) is 0 Å². The van der Waals surface area contributed by atoms with E-state index in [0.29, 0.717) is 4.90 Å². The minimum atomic E-state index is -2.18. The lowest BCUT2D eigenvalue weighted by Crippen LogP contribution is -2.57. The van der Waals surface area contributed by atoms with Crippen LogP contribution in [-0.2, 0) is 47.9 Å². The number of para-hydroxylation sites is 2. The minimum absolute atomic E-state index is 0.211. The van der Waals surface area contributed by atoms with E-state index in [4.69, 9.17) is 0 Å². The molecule has 0 spiro atoms. The summed E-state index contributed by atoms with van der Waals surface area (Å²) in [7, 11) is 1.14. The third kappa shape index (κ3) is 12.6. The molecule has 23 nitrogen and oxygen atoms in total. The highest BCUT2D eigenvalue weighted by molar-refractivity contribution is 6.08. The predicted molar refractivity (Wildman–Crippen MR) is 187 cm³/mol. The van der Waals surface area contributed by atoms with Crippen molar-refractivity contribution in [3.05, 3.63) is 59.7 Å². The van der Waals surface area contributed by atoms with E-state index in [9.17, 15) is 78.0 Å². The lowest BCUT2D eigenvalue weighted by molar-refractivity contribution is -0.311. The van der Waals surface area contributed by atoms with E-state index in [1.165, 1.54) is 37.3 Å². The number of hydrogen-bond donors (Lipinski definition) is 6. The van der Waals surface area contributed by atoms with Gasteiger partial charge in [0, 0.05) is 54.3 Å². The van der Waals surface area contributed by atoms with E-state index in [-0.39, 0.29) is 12.1 Å². The molecule has 1 fully saturated rings. The molecule has 6 N–H and O–H groups in total. The number of rotatable bonds is 20. The number of likely N-dealkylation sites (tertiary alicyclic amines) is 1. The van der Waals surface area contributed by atoms with Gasteiger partial charge in [0.05, 0.1) is 43.2 Å². The summed E-state index contributed by atoms with van der Waals surface area (Å²) in [5.41, 5.74) is -1.58. The number of anilines is 2. The van der Waals surface area contributed by atoms with Crippen LogP contribution in [0.1, 0.15) is 59.7 Å². The zero-order valence-corrected chi connectivity index (χ0v) is 31.0. The molecule has 1 heterocycles. The fourth-order valence-electron chi connectivity index (χ4n) is 5.67. The quantitative estimate of drug-likeness (QED) is 0.0676. The Kier molecular flexibility index (Phi) is 15.8. The maximum absolute atomic E-state index is 13.6. The van der Waals surface area contributed by atoms with E-state index in [1.807, 2.05) is 10.6 Å². The van der Waals surface area contributed by atoms with Crippen molar-refractivity contribution in [2.24, 2.45) is 5.92 Å². The highest BCUT2D eigenvalue weighted by atomic mass is 16.4. The summed E-state index contributed by atoms with van der Waals surface area (Å²) in [4.78, 5) is 151. The lowest BCUT2D eigenvalue weighted by Gasteiger charge is -2.28. The Morgan fingerprint density at radius 3 is 1.58 bits per heavy atom. The summed E-state index contributed by atoms with van der Waals surface area (Å²) in [6.45, 7) is 1.33. The van der Waals surface area contributed by atoms with Crippen molar-refractivity contribution < 1.29 is 78.0 Å². The molecule has 59 heavy (non-hydrogen) atoms. The standard InChI is InChI=1S/C36H39N7O16/c1-16-11-28(47)43(33(16)53)24(36(58)59)15-27(46)40-23(14-29(48)49)32(52)42-22(31(51)41-20-10-6-4-8-18(20)35(56)57)13-26(45)39-21(30(50)37-2)12-25(44)38-19-9-5-3-7-17(19)34(54)55/h3-10,16,21-24H,11-15H2,1-2H3,(H,37,50)(H,38,44)(H,39,45)(H,40,46)(H,41,51)(H,42,52)(H,48,49)(H,54,55)(H,56,57)(H,58,59)/p-4. The Morgan fingerprint density at radius 1 is 0.627 bits per heavy atom. The molecule has 0 aromatic heterocycles. The average Bonchev–Trinajstić information content (AvgIpc) is 3.41. The zero-order valence-electron chi connectivity index (χ0n) is 31.0. The molecule has 8 amide bonds. The van der Waals surface area contributed by atoms with Crippen LogP contribution >= 0.6 is 0 Å². The minimum Gasteiger partial charge on any atom is -0.550 e. The van der Waals surface area contributed by atoms with Crippen molar-refractivity contribution in [3.8, 4) is 0 Å². The molecule has 314 valence electrons. The molecular weight excluding hydrogens is 786 g/mol. The summed E-state index contributed by atoms with van der Waals surface area (Å²) >= 11 is 0. The van der Waals surface area contributed by atoms with Crippen molar-refractivity contribution in [1.82, 2.24) is 26.2 Å². The van der Waals surface area contributed by atoms with Gasteiger partial charge in [0.1, 0.15) is 18.1 Å². The van der Waals surface area contributed by atoms with Gasteiger partial charge in [-0.3, -0.25) is 43.3 Å². The summed E-state index contributed by atoms with van der Waals surface area (Å²) in [5, 5.41) is 59.3. The van der Waals surface area contributed by atoms with E-state index in [0.717, 1.165) is 25.2 Å². The van der Waals surface area contributed by atoms with E-state index in [1.54, 1.807) is 0 Å². The maximum Gasteiger partial charge on any atom is 0.247 e. The van der Waals surface area contributed by atoms with Crippen molar-refractivity contribution >= 4 is 82.5 Å². The van der Waals surface area contributed by atoms with Crippen LogP contribution in [0.5, 0.6) is 0 Å². The van der Waals surface area contributed by atoms with Gasteiger partial charge in [-0.1, -0.05) is 43.3 Å². The molecule has 2 aromatic rings. The molecule has 1 aliphatic rings. The molecule has 0 aliphatic carbocycles. The summed E-state index contributed by atoms with van der Waals surface area (Å²) < 4.78 is 0. The predicted octanol–water partition coefficient (Wildman–Crippen LogP) is -6.99. The van der Waals surface area contributed by atoms with Crippen LogP contribution in [0, 0.1) is 5.92 Å². The SMILES string of the molecule is CNC(=O)C(CC(=O)Nc1ccccc1C(=O)[O-])NC(=O)CC(NC(=O)C(CC(=O)[O-])NC(=O)CC(C(=O)[O-])N1C(=O)CC(C)C1=O)C(=O)Nc1ccccc1C(=O)[O-]. The Balaban J connectivity index is 1.88. The number of carboxylic acid groups (broad SMARTS) is 4. The van der Waals surface area contributed by atoms with Crippen LogP contribution in [0.15, 0.2) is 48.5 Å². The number of likely N-dealkylation sites (N-methyl/N-ethyl adjacent to an activating group) is 1. The number of amides is 8. The zero-order chi connectivity index (χ0) is 44.1. The average molecular weight is 822 g/mol. The van der Waals surface area contributed by atoms with Gasteiger partial charge in [-0.25, -0.2) is 0 Å². The number of aliphatic carboxylic acids is 2. The van der Waals surface area contributed by atoms with Gasteiger partial charge >= 0.3 is 0 Å². The summed E-state index contributed by atoms with van der Waals surface area (Å²) in [6, 6.07) is 1.62. The molecule has 0 saturated carbocycles. The normalized spacial score (nSPS) is 15.4. The number of aromatic carboxylic acids is 2. The molecule has 2 aromatic carbocycles. The van der Waals surface area contributed by atoms with Crippen LogP contribution in [0.2, 0.25) is 0 Å². The van der Waals surface area contributed by atoms with Gasteiger partial charge in [0.25, 0.3) is 0 Å². The topological polar surface area (TPSA) is 372 Å². The Morgan fingerprint density at radius 2 is 1.10 bits per heavy atom. The first kappa shape index (κ1) is 45.7. The Bertz CT molecular complexity index is 2070. The highest BCUT2D eigenvalue weighted by Crippen LogP contribution is 2.23. The number of nitrogens with zero attached hydrogens (tertiary/aromatic N) is 1. The van der Waals surface area contributed by atoms with Gasteiger partial charge in [-0.05, 0) is 12.1 Å². The molecule has 5 atom stereocenters. The number of benzene rings is 2. The van der Waals surface area contributed by atoms with E-state index >= 15 is 0 Å². The number of carbonyl (C=O) groups is 12. The summed E-state index contributed by atoms with van der Waals surface area (Å²) in [6.07, 6.45) is -4.85. The molecule has 5 unspecified atom stereocenters. The van der Waals surface area contributed by atoms with Crippen LogP contribution in [0.3, 0.4) is 0 Å². The molecule has 0 radical (unpaired) electrons. The fraction of sp³-hybridized carbons (Fsp3) is 0.333. The third-order valence-corrected chi connectivity index (χ3v) is 8.53. The first-order valence-corrected chi connectivity index (χ1v) is 17.3.